The number of carbonyl (C=O) groups excluding carboxylic acids is 3. The Kier molecular flexibility index (Phi) is 6.87. The first kappa shape index (κ1) is 21.5. The molecule has 1 aromatic heterocycles. The Hall–Kier alpha value is -3.16. The molecule has 3 rings (SSSR count). The zero-order valence-corrected chi connectivity index (χ0v) is 17.7. The zero-order chi connectivity index (χ0) is 21.7. The first-order valence-corrected chi connectivity index (χ1v) is 10.2. The van der Waals surface area contributed by atoms with E-state index in [2.05, 4.69) is 10.3 Å². The number of amides is 3. The number of piperazine rings is 1. The number of rotatable bonds is 5. The molecule has 0 unspecified atom stereocenters. The minimum Gasteiger partial charge on any atom is -0.441 e. The van der Waals surface area contributed by atoms with Crippen LogP contribution in [-0.2, 0) is 20.8 Å². The lowest BCUT2D eigenvalue weighted by molar-refractivity contribution is -0.148. The molecule has 1 aromatic carbocycles. The lowest BCUT2D eigenvalue weighted by atomic mass is 10.1. The largest absolute Gasteiger partial charge is 0.441 e. The number of hydrogen-bond acceptors (Lipinski definition) is 5. The predicted octanol–water partition coefficient (Wildman–Crippen LogP) is 1.78. The molecule has 1 fully saturated rings. The molecule has 0 atom stereocenters. The molecule has 1 saturated heterocycles. The van der Waals surface area contributed by atoms with Gasteiger partial charge in [0.05, 0.1) is 6.20 Å². The maximum absolute atomic E-state index is 12.5. The molecular weight excluding hydrogens is 384 g/mol. The quantitative estimate of drug-likeness (QED) is 0.756. The van der Waals surface area contributed by atoms with Crippen LogP contribution in [0.3, 0.4) is 0 Å². The van der Waals surface area contributed by atoms with E-state index in [0.717, 1.165) is 5.56 Å². The van der Waals surface area contributed by atoms with Crippen molar-refractivity contribution in [1.29, 1.82) is 0 Å². The van der Waals surface area contributed by atoms with Crippen LogP contribution in [0.2, 0.25) is 0 Å². The molecule has 0 bridgehead atoms. The van der Waals surface area contributed by atoms with Gasteiger partial charge in [-0.25, -0.2) is 4.98 Å². The molecule has 8 heteroatoms. The van der Waals surface area contributed by atoms with E-state index < -0.39 is 11.8 Å². The van der Waals surface area contributed by atoms with E-state index in [0.29, 0.717) is 44.3 Å². The lowest BCUT2D eigenvalue weighted by Gasteiger charge is -2.34. The second kappa shape index (κ2) is 9.56. The van der Waals surface area contributed by atoms with Gasteiger partial charge >= 0.3 is 11.8 Å². The number of aryl methyl sites for hydroxylation is 2. The molecular formula is C22H28N4O4. The molecule has 2 heterocycles. The van der Waals surface area contributed by atoms with Crippen molar-refractivity contribution in [3.8, 4) is 11.3 Å². The number of hydrogen-bond donors (Lipinski definition) is 1. The van der Waals surface area contributed by atoms with Crippen LogP contribution in [-0.4, -0.2) is 64.7 Å². The number of nitrogens with one attached hydrogen (secondary N) is 1. The summed E-state index contributed by atoms with van der Waals surface area (Å²) >= 11 is 0. The highest BCUT2D eigenvalue weighted by atomic mass is 16.4. The van der Waals surface area contributed by atoms with E-state index in [9.17, 15) is 14.4 Å². The molecule has 0 aliphatic carbocycles. The summed E-state index contributed by atoms with van der Waals surface area (Å²) in [5.41, 5.74) is 2.12. The number of oxazole rings is 1. The van der Waals surface area contributed by atoms with Crippen LogP contribution < -0.4 is 5.32 Å². The molecule has 2 aromatic rings. The average molecular weight is 412 g/mol. The fourth-order valence-electron chi connectivity index (χ4n) is 3.28. The van der Waals surface area contributed by atoms with Crippen molar-refractivity contribution in [2.75, 3.05) is 26.2 Å². The van der Waals surface area contributed by atoms with Crippen LogP contribution in [0.25, 0.3) is 11.3 Å². The van der Waals surface area contributed by atoms with Crippen molar-refractivity contribution in [1.82, 2.24) is 20.1 Å². The molecule has 160 valence electrons. The van der Waals surface area contributed by atoms with Crippen LogP contribution in [0.1, 0.15) is 31.7 Å². The maximum Gasteiger partial charge on any atom is 0.312 e. The fraction of sp³-hybridized carbons (Fsp3) is 0.455. The average Bonchev–Trinajstić information content (AvgIpc) is 3.20. The van der Waals surface area contributed by atoms with Crippen LogP contribution in [0.5, 0.6) is 0 Å². The topological polar surface area (TPSA) is 95.8 Å². The Bertz CT molecular complexity index is 896. The van der Waals surface area contributed by atoms with Crippen molar-refractivity contribution >= 4 is 17.7 Å². The highest BCUT2D eigenvalue weighted by molar-refractivity contribution is 6.35. The SMILES string of the molecule is Cc1ccc(-c2cnc(CCC(=O)N3CCN(C(=O)C(=O)NC(C)C)CC3)o2)cc1. The second-order valence-electron chi connectivity index (χ2n) is 7.79. The first-order chi connectivity index (χ1) is 14.3. The first-order valence-electron chi connectivity index (χ1n) is 10.2. The summed E-state index contributed by atoms with van der Waals surface area (Å²) in [6.07, 6.45) is 2.38. The van der Waals surface area contributed by atoms with E-state index in [-0.39, 0.29) is 18.4 Å². The second-order valence-corrected chi connectivity index (χ2v) is 7.79. The molecule has 3 amide bonds. The van der Waals surface area contributed by atoms with Crippen molar-refractivity contribution in [2.24, 2.45) is 0 Å². The highest BCUT2D eigenvalue weighted by Gasteiger charge is 2.28. The third-order valence-electron chi connectivity index (χ3n) is 4.98. The minimum absolute atomic E-state index is 0.0104. The van der Waals surface area contributed by atoms with E-state index in [4.69, 9.17) is 4.42 Å². The van der Waals surface area contributed by atoms with Crippen LogP contribution in [0.4, 0.5) is 0 Å². The van der Waals surface area contributed by atoms with Crippen molar-refractivity contribution in [3.05, 3.63) is 41.9 Å². The third-order valence-corrected chi connectivity index (χ3v) is 4.98. The Labute approximate surface area is 176 Å². The molecule has 1 N–H and O–H groups in total. The summed E-state index contributed by atoms with van der Waals surface area (Å²) in [4.78, 5) is 44.0. The summed E-state index contributed by atoms with van der Waals surface area (Å²) in [6.45, 7) is 7.18. The van der Waals surface area contributed by atoms with Gasteiger partial charge in [0.15, 0.2) is 11.7 Å². The molecule has 1 aliphatic heterocycles. The van der Waals surface area contributed by atoms with Gasteiger partial charge < -0.3 is 19.5 Å². The van der Waals surface area contributed by atoms with Crippen molar-refractivity contribution in [3.63, 3.8) is 0 Å². The van der Waals surface area contributed by atoms with Crippen LogP contribution in [0, 0.1) is 6.92 Å². The summed E-state index contributed by atoms with van der Waals surface area (Å²) in [5, 5.41) is 2.60. The zero-order valence-electron chi connectivity index (χ0n) is 17.7. The number of nitrogens with zero attached hydrogens (tertiary/aromatic N) is 3. The van der Waals surface area contributed by atoms with Gasteiger partial charge in [-0.1, -0.05) is 29.8 Å². The monoisotopic (exact) mass is 412 g/mol. The van der Waals surface area contributed by atoms with Gasteiger partial charge in [-0.15, -0.1) is 0 Å². The van der Waals surface area contributed by atoms with Gasteiger partial charge in [0.1, 0.15) is 0 Å². The standard InChI is InChI=1S/C22H28N4O4/c1-15(2)24-21(28)22(29)26-12-10-25(11-13-26)20(27)9-8-19-23-14-18(30-19)17-6-4-16(3)5-7-17/h4-7,14-15H,8-13H2,1-3H3,(H,24,28). The van der Waals surface area contributed by atoms with Gasteiger partial charge in [-0.2, -0.15) is 0 Å². The Balaban J connectivity index is 1.46. The predicted molar refractivity (Wildman–Crippen MR) is 111 cm³/mol. The molecule has 0 saturated carbocycles. The number of benzene rings is 1. The smallest absolute Gasteiger partial charge is 0.312 e. The summed E-state index contributed by atoms with van der Waals surface area (Å²) in [5.74, 6) is 0.0587. The lowest BCUT2D eigenvalue weighted by Crippen LogP contribution is -2.54. The van der Waals surface area contributed by atoms with E-state index >= 15 is 0 Å². The maximum atomic E-state index is 12.5. The van der Waals surface area contributed by atoms with Crippen molar-refractivity contribution in [2.45, 2.75) is 39.7 Å². The highest BCUT2D eigenvalue weighted by Crippen LogP contribution is 2.21. The van der Waals surface area contributed by atoms with Gasteiger partial charge in [0.2, 0.25) is 5.91 Å². The molecule has 0 radical (unpaired) electrons. The van der Waals surface area contributed by atoms with Gasteiger partial charge in [-0.05, 0) is 20.8 Å². The normalized spacial score (nSPS) is 14.1. The van der Waals surface area contributed by atoms with Gasteiger partial charge in [0, 0.05) is 50.6 Å². The molecule has 30 heavy (non-hydrogen) atoms. The van der Waals surface area contributed by atoms with E-state index in [1.54, 1.807) is 24.9 Å². The minimum atomic E-state index is -0.599. The summed E-state index contributed by atoms with van der Waals surface area (Å²) in [7, 11) is 0. The molecule has 8 nitrogen and oxygen atoms in total. The molecule has 0 spiro atoms. The third kappa shape index (κ3) is 5.46. The van der Waals surface area contributed by atoms with E-state index in [1.807, 2.05) is 31.2 Å². The van der Waals surface area contributed by atoms with Crippen LogP contribution >= 0.6 is 0 Å². The van der Waals surface area contributed by atoms with E-state index in [1.165, 1.54) is 10.5 Å². The molecule has 1 aliphatic rings. The number of carbonyl (C=O) groups is 3. The van der Waals surface area contributed by atoms with Crippen molar-refractivity contribution < 1.29 is 18.8 Å². The Morgan fingerprint density at radius 1 is 1.07 bits per heavy atom. The number of aromatic nitrogens is 1. The van der Waals surface area contributed by atoms with Gasteiger partial charge in [0.25, 0.3) is 0 Å². The Morgan fingerprint density at radius 3 is 2.33 bits per heavy atom. The fourth-order valence-corrected chi connectivity index (χ4v) is 3.28. The summed E-state index contributed by atoms with van der Waals surface area (Å²) in [6, 6.07) is 7.89. The van der Waals surface area contributed by atoms with Gasteiger partial charge in [-0.3, -0.25) is 14.4 Å². The van der Waals surface area contributed by atoms with Crippen LogP contribution in [0.15, 0.2) is 34.9 Å². The Morgan fingerprint density at radius 2 is 1.70 bits per heavy atom. The summed E-state index contributed by atoms with van der Waals surface area (Å²) < 4.78 is 5.77.